The van der Waals surface area contributed by atoms with Crippen LogP contribution in [0, 0.1) is 13.8 Å². The Morgan fingerprint density at radius 3 is 2.68 bits per heavy atom. The Balaban J connectivity index is 1.75. The quantitative estimate of drug-likeness (QED) is 0.365. The minimum absolute atomic E-state index is 0.0201. The first-order valence-corrected chi connectivity index (χ1v) is 10.7. The molecular weight excluding hydrogens is 392 g/mol. The molecule has 4 aromatic rings. The fourth-order valence-corrected chi connectivity index (χ4v) is 5.22. The van der Waals surface area contributed by atoms with Gasteiger partial charge in [-0.05, 0) is 55.8 Å². The number of aryl methyl sites for hydroxylation is 2. The molecule has 0 saturated heterocycles. The number of aromatic nitrogens is 6. The lowest BCUT2D eigenvalue weighted by atomic mass is 10.2. The summed E-state index contributed by atoms with van der Waals surface area (Å²) in [5, 5.41) is 13.5. The first-order chi connectivity index (χ1) is 13.5. The predicted molar refractivity (Wildman–Crippen MR) is 112 cm³/mol. The Labute approximate surface area is 170 Å². The molecule has 28 heavy (non-hydrogen) atoms. The van der Waals surface area contributed by atoms with Gasteiger partial charge in [0.25, 0.3) is 5.56 Å². The van der Waals surface area contributed by atoms with Gasteiger partial charge in [0.2, 0.25) is 0 Å². The summed E-state index contributed by atoms with van der Waals surface area (Å²) in [4.78, 5) is 19.8. The van der Waals surface area contributed by atoms with Crippen LogP contribution in [0.25, 0.3) is 15.9 Å². The fourth-order valence-electron chi connectivity index (χ4n) is 3.09. The Kier molecular flexibility index (Phi) is 5.03. The van der Waals surface area contributed by atoms with E-state index in [1.54, 1.807) is 20.6 Å². The van der Waals surface area contributed by atoms with Crippen molar-refractivity contribution in [3.8, 4) is 5.69 Å². The minimum atomic E-state index is -0.0838. The SMILES string of the molecule is CCn1c(S[C@@H](C)c2nnnn2-c2ccccc2)nc2sc(C)c(C)c2c1=O. The first kappa shape index (κ1) is 18.8. The summed E-state index contributed by atoms with van der Waals surface area (Å²) in [6.07, 6.45) is 0. The average molecular weight is 413 g/mol. The molecule has 3 aromatic heterocycles. The van der Waals surface area contributed by atoms with E-state index in [1.165, 1.54) is 11.8 Å². The molecule has 0 bridgehead atoms. The molecule has 0 spiro atoms. The third-order valence-corrected chi connectivity index (χ3v) is 6.90. The van der Waals surface area contributed by atoms with Crippen molar-refractivity contribution in [1.82, 2.24) is 29.8 Å². The number of thioether (sulfide) groups is 1. The topological polar surface area (TPSA) is 78.5 Å². The number of hydrogen-bond acceptors (Lipinski definition) is 7. The molecule has 3 heterocycles. The summed E-state index contributed by atoms with van der Waals surface area (Å²) in [5.41, 5.74) is 1.94. The van der Waals surface area contributed by atoms with E-state index in [0.29, 0.717) is 17.5 Å². The maximum Gasteiger partial charge on any atom is 0.263 e. The molecule has 4 rings (SSSR count). The summed E-state index contributed by atoms with van der Waals surface area (Å²) < 4.78 is 3.46. The zero-order chi connectivity index (χ0) is 19.8. The van der Waals surface area contributed by atoms with Gasteiger partial charge in [0.1, 0.15) is 4.83 Å². The zero-order valence-corrected chi connectivity index (χ0v) is 17.7. The Bertz CT molecular complexity index is 1190. The Morgan fingerprint density at radius 1 is 1.21 bits per heavy atom. The van der Waals surface area contributed by atoms with Crippen LogP contribution in [0.2, 0.25) is 0 Å². The smallest absolute Gasteiger partial charge is 0.263 e. The number of para-hydroxylation sites is 1. The number of fused-ring (bicyclic) bond motifs is 1. The molecule has 9 heteroatoms. The van der Waals surface area contributed by atoms with E-state index in [9.17, 15) is 4.79 Å². The summed E-state index contributed by atoms with van der Waals surface area (Å²) in [7, 11) is 0. The van der Waals surface area contributed by atoms with Gasteiger partial charge in [-0.2, -0.15) is 4.68 Å². The van der Waals surface area contributed by atoms with Crippen molar-refractivity contribution in [1.29, 1.82) is 0 Å². The lowest BCUT2D eigenvalue weighted by Gasteiger charge is -2.14. The van der Waals surface area contributed by atoms with Gasteiger partial charge >= 0.3 is 0 Å². The Morgan fingerprint density at radius 2 is 1.96 bits per heavy atom. The van der Waals surface area contributed by atoms with Crippen LogP contribution in [0.1, 0.15) is 35.4 Å². The molecule has 0 unspecified atom stereocenters. The molecular formula is C19H20N6OS2. The summed E-state index contributed by atoms with van der Waals surface area (Å²) in [6, 6.07) is 9.77. The van der Waals surface area contributed by atoms with Crippen LogP contribution in [-0.2, 0) is 6.54 Å². The normalized spacial score (nSPS) is 12.6. The lowest BCUT2D eigenvalue weighted by molar-refractivity contribution is 0.633. The number of tetrazole rings is 1. The van der Waals surface area contributed by atoms with Gasteiger partial charge < -0.3 is 0 Å². The van der Waals surface area contributed by atoms with Crippen molar-refractivity contribution in [2.24, 2.45) is 0 Å². The van der Waals surface area contributed by atoms with Gasteiger partial charge in [-0.3, -0.25) is 9.36 Å². The molecule has 0 aliphatic rings. The van der Waals surface area contributed by atoms with Crippen LogP contribution in [0.4, 0.5) is 0 Å². The molecule has 0 aliphatic heterocycles. The van der Waals surface area contributed by atoms with Crippen LogP contribution >= 0.6 is 23.1 Å². The maximum absolute atomic E-state index is 13.0. The van der Waals surface area contributed by atoms with Crippen LogP contribution in [0.15, 0.2) is 40.3 Å². The number of benzene rings is 1. The van der Waals surface area contributed by atoms with Crippen molar-refractivity contribution in [3.05, 3.63) is 57.0 Å². The molecule has 1 aromatic carbocycles. The second kappa shape index (κ2) is 7.48. The highest BCUT2D eigenvalue weighted by Crippen LogP contribution is 2.35. The van der Waals surface area contributed by atoms with Gasteiger partial charge in [0.05, 0.1) is 16.3 Å². The van der Waals surface area contributed by atoms with Crippen LogP contribution < -0.4 is 5.56 Å². The molecule has 0 aliphatic carbocycles. The number of rotatable bonds is 5. The van der Waals surface area contributed by atoms with E-state index in [0.717, 1.165) is 26.3 Å². The summed E-state index contributed by atoms with van der Waals surface area (Å²) in [6.45, 7) is 8.57. The van der Waals surface area contributed by atoms with Gasteiger partial charge in [-0.15, -0.1) is 16.4 Å². The maximum atomic E-state index is 13.0. The van der Waals surface area contributed by atoms with Crippen LogP contribution in [0.3, 0.4) is 0 Å². The molecule has 144 valence electrons. The fraction of sp³-hybridized carbons (Fsp3) is 0.316. The highest BCUT2D eigenvalue weighted by atomic mass is 32.2. The van der Waals surface area contributed by atoms with Crippen molar-refractivity contribution >= 4 is 33.3 Å². The van der Waals surface area contributed by atoms with Gasteiger partial charge in [-0.1, -0.05) is 30.0 Å². The van der Waals surface area contributed by atoms with Crippen molar-refractivity contribution in [3.63, 3.8) is 0 Å². The third-order valence-electron chi connectivity index (χ3n) is 4.71. The second-order valence-corrected chi connectivity index (χ2v) is 8.96. The number of nitrogens with zero attached hydrogens (tertiary/aromatic N) is 6. The summed E-state index contributed by atoms with van der Waals surface area (Å²) >= 11 is 3.07. The monoisotopic (exact) mass is 412 g/mol. The van der Waals surface area contributed by atoms with Crippen LogP contribution in [0.5, 0.6) is 0 Å². The van der Waals surface area contributed by atoms with Crippen molar-refractivity contribution in [2.75, 3.05) is 0 Å². The molecule has 0 saturated carbocycles. The van der Waals surface area contributed by atoms with E-state index < -0.39 is 0 Å². The van der Waals surface area contributed by atoms with E-state index in [2.05, 4.69) is 15.5 Å². The molecule has 0 N–H and O–H groups in total. The van der Waals surface area contributed by atoms with E-state index in [4.69, 9.17) is 4.98 Å². The van der Waals surface area contributed by atoms with Crippen molar-refractivity contribution < 1.29 is 0 Å². The number of hydrogen-bond donors (Lipinski definition) is 0. The largest absolute Gasteiger partial charge is 0.287 e. The van der Waals surface area contributed by atoms with E-state index >= 15 is 0 Å². The van der Waals surface area contributed by atoms with Crippen molar-refractivity contribution in [2.45, 2.75) is 44.6 Å². The van der Waals surface area contributed by atoms with E-state index in [-0.39, 0.29) is 10.8 Å². The van der Waals surface area contributed by atoms with Gasteiger partial charge in [0, 0.05) is 11.4 Å². The highest BCUT2D eigenvalue weighted by Gasteiger charge is 2.22. The predicted octanol–water partition coefficient (Wildman–Crippen LogP) is 3.92. The highest BCUT2D eigenvalue weighted by molar-refractivity contribution is 7.99. The molecule has 0 radical (unpaired) electrons. The number of thiophene rings is 1. The first-order valence-electron chi connectivity index (χ1n) is 9.02. The molecule has 7 nitrogen and oxygen atoms in total. The third kappa shape index (κ3) is 3.14. The second-order valence-electron chi connectivity index (χ2n) is 6.45. The van der Waals surface area contributed by atoms with Gasteiger partial charge in [-0.25, -0.2) is 4.98 Å². The van der Waals surface area contributed by atoms with E-state index in [1.807, 2.05) is 58.0 Å². The molecule has 0 amide bonds. The summed E-state index contributed by atoms with van der Waals surface area (Å²) in [5.74, 6) is 0.715. The standard InChI is InChI=1S/C19H20N6OS2/c1-5-24-18(26)15-11(2)12(3)27-17(15)20-19(24)28-13(4)16-21-22-23-25(16)14-9-7-6-8-10-14/h6-10,13H,5H2,1-4H3/t13-/m0/s1. The minimum Gasteiger partial charge on any atom is -0.287 e. The zero-order valence-electron chi connectivity index (χ0n) is 16.1. The lowest BCUT2D eigenvalue weighted by Crippen LogP contribution is -2.22. The van der Waals surface area contributed by atoms with Crippen LogP contribution in [-0.4, -0.2) is 29.8 Å². The molecule has 1 atom stereocenters. The molecule has 0 fully saturated rings. The average Bonchev–Trinajstić information content (AvgIpc) is 3.28. The Hall–Kier alpha value is -2.52. The van der Waals surface area contributed by atoms with Gasteiger partial charge in [0.15, 0.2) is 11.0 Å².